The van der Waals surface area contributed by atoms with Crippen LogP contribution in [0.2, 0.25) is 0 Å². The molecule has 1 aliphatic heterocycles. The van der Waals surface area contributed by atoms with Crippen molar-refractivity contribution >= 4 is 11.9 Å². The van der Waals surface area contributed by atoms with Crippen molar-refractivity contribution < 1.29 is 9.53 Å². The number of anilines is 1. The predicted octanol–water partition coefficient (Wildman–Crippen LogP) is 4.40. The van der Waals surface area contributed by atoms with Crippen LogP contribution in [0, 0.1) is 0 Å². The fourth-order valence-corrected chi connectivity index (χ4v) is 3.46. The highest BCUT2D eigenvalue weighted by molar-refractivity contribution is 5.68. The summed E-state index contributed by atoms with van der Waals surface area (Å²) in [5, 5.41) is 0. The van der Waals surface area contributed by atoms with Crippen molar-refractivity contribution in [2.24, 2.45) is 0 Å². The standard InChI is InChI=1S/C21H27N3O2/c1-3-23(4-2)20-13-12-18(15-22-20)19-11-8-14-24(19)21(25)26-16-17-9-6-5-7-10-17/h5-7,9-10,12-13,15,19H,3-4,8,11,14,16H2,1-2H3. The second-order valence-electron chi connectivity index (χ2n) is 6.51. The highest BCUT2D eigenvalue weighted by Gasteiger charge is 2.31. The van der Waals surface area contributed by atoms with Gasteiger partial charge in [0.25, 0.3) is 0 Å². The fraction of sp³-hybridized carbons (Fsp3) is 0.429. The van der Waals surface area contributed by atoms with E-state index < -0.39 is 0 Å². The molecule has 0 aliphatic carbocycles. The molecule has 26 heavy (non-hydrogen) atoms. The van der Waals surface area contributed by atoms with Crippen LogP contribution < -0.4 is 4.90 Å². The minimum absolute atomic E-state index is 0.0523. The van der Waals surface area contributed by atoms with E-state index in [0.717, 1.165) is 49.4 Å². The van der Waals surface area contributed by atoms with Crippen molar-refractivity contribution in [3.05, 3.63) is 59.8 Å². The number of nitrogens with zero attached hydrogens (tertiary/aromatic N) is 3. The van der Waals surface area contributed by atoms with Gasteiger partial charge < -0.3 is 14.5 Å². The van der Waals surface area contributed by atoms with Crippen LogP contribution in [-0.4, -0.2) is 35.6 Å². The molecule has 0 bridgehead atoms. The summed E-state index contributed by atoms with van der Waals surface area (Å²) in [5.41, 5.74) is 2.08. The summed E-state index contributed by atoms with van der Waals surface area (Å²) < 4.78 is 5.52. The maximum absolute atomic E-state index is 12.5. The lowest BCUT2D eigenvalue weighted by molar-refractivity contribution is 0.0920. The van der Waals surface area contributed by atoms with Crippen LogP contribution in [-0.2, 0) is 11.3 Å². The maximum atomic E-state index is 12.5. The topological polar surface area (TPSA) is 45.7 Å². The average molecular weight is 353 g/mol. The molecule has 1 amide bonds. The predicted molar refractivity (Wildman–Crippen MR) is 103 cm³/mol. The first-order chi connectivity index (χ1) is 12.7. The van der Waals surface area contributed by atoms with E-state index in [9.17, 15) is 4.79 Å². The molecule has 2 aromatic rings. The Hall–Kier alpha value is -2.56. The molecule has 0 N–H and O–H groups in total. The zero-order chi connectivity index (χ0) is 18.4. The Labute approximate surface area is 155 Å². The first-order valence-electron chi connectivity index (χ1n) is 9.41. The SMILES string of the molecule is CCN(CC)c1ccc(C2CCCN2C(=O)OCc2ccccc2)cn1. The van der Waals surface area contributed by atoms with Gasteiger partial charge in [-0.3, -0.25) is 0 Å². The Morgan fingerprint density at radius 3 is 2.62 bits per heavy atom. The van der Waals surface area contributed by atoms with Crippen molar-refractivity contribution in [1.82, 2.24) is 9.88 Å². The van der Waals surface area contributed by atoms with Gasteiger partial charge in [0.15, 0.2) is 0 Å². The number of benzene rings is 1. The summed E-state index contributed by atoms with van der Waals surface area (Å²) in [5.74, 6) is 0.981. The van der Waals surface area contributed by atoms with Crippen LogP contribution in [0.1, 0.15) is 43.9 Å². The van der Waals surface area contributed by atoms with Crippen LogP contribution in [0.4, 0.5) is 10.6 Å². The van der Waals surface area contributed by atoms with Gasteiger partial charge in [0.1, 0.15) is 12.4 Å². The Bertz CT molecular complexity index is 699. The van der Waals surface area contributed by atoms with Crippen molar-refractivity contribution in [3.63, 3.8) is 0 Å². The lowest BCUT2D eigenvalue weighted by Crippen LogP contribution is -2.31. The Morgan fingerprint density at radius 2 is 1.96 bits per heavy atom. The lowest BCUT2D eigenvalue weighted by Gasteiger charge is -2.25. The smallest absolute Gasteiger partial charge is 0.410 e. The molecule has 1 aliphatic rings. The first kappa shape index (κ1) is 18.2. The van der Waals surface area contributed by atoms with Crippen LogP contribution in [0.5, 0.6) is 0 Å². The zero-order valence-corrected chi connectivity index (χ0v) is 15.6. The van der Waals surface area contributed by atoms with Crippen molar-refractivity contribution in [3.8, 4) is 0 Å². The van der Waals surface area contributed by atoms with Crippen LogP contribution in [0.15, 0.2) is 48.7 Å². The molecule has 1 aromatic carbocycles. The van der Waals surface area contributed by atoms with Gasteiger partial charge in [-0.15, -0.1) is 0 Å². The number of rotatable bonds is 6. The molecule has 138 valence electrons. The molecular weight excluding hydrogens is 326 g/mol. The van der Waals surface area contributed by atoms with Gasteiger partial charge >= 0.3 is 6.09 Å². The molecule has 1 aromatic heterocycles. The summed E-state index contributed by atoms with van der Waals surface area (Å²) in [4.78, 5) is 21.2. The molecule has 3 rings (SSSR count). The third-order valence-corrected chi connectivity index (χ3v) is 4.94. The second-order valence-corrected chi connectivity index (χ2v) is 6.51. The largest absolute Gasteiger partial charge is 0.445 e. The Kier molecular flexibility index (Phi) is 6.10. The highest BCUT2D eigenvalue weighted by atomic mass is 16.6. The molecule has 1 unspecified atom stereocenters. The molecule has 1 fully saturated rings. The Balaban J connectivity index is 1.64. The fourth-order valence-electron chi connectivity index (χ4n) is 3.46. The number of ether oxygens (including phenoxy) is 1. The van der Waals surface area contributed by atoms with Crippen LogP contribution in [0.25, 0.3) is 0 Å². The van der Waals surface area contributed by atoms with E-state index in [2.05, 4.69) is 29.8 Å². The molecule has 5 nitrogen and oxygen atoms in total. The van der Waals surface area contributed by atoms with Gasteiger partial charge in [-0.25, -0.2) is 9.78 Å². The lowest BCUT2D eigenvalue weighted by atomic mass is 10.1. The monoisotopic (exact) mass is 353 g/mol. The number of pyridine rings is 1. The van der Waals surface area contributed by atoms with Crippen molar-refractivity contribution in [2.45, 2.75) is 39.3 Å². The molecule has 1 atom stereocenters. The minimum Gasteiger partial charge on any atom is -0.445 e. The van der Waals surface area contributed by atoms with E-state index in [0.29, 0.717) is 6.61 Å². The molecular formula is C21H27N3O2. The van der Waals surface area contributed by atoms with Crippen LogP contribution in [0.3, 0.4) is 0 Å². The second kappa shape index (κ2) is 8.70. The van der Waals surface area contributed by atoms with Gasteiger partial charge in [-0.1, -0.05) is 36.4 Å². The van der Waals surface area contributed by atoms with E-state index in [1.165, 1.54) is 0 Å². The molecule has 5 heteroatoms. The van der Waals surface area contributed by atoms with Gasteiger partial charge in [-0.05, 0) is 43.9 Å². The molecule has 0 saturated carbocycles. The van der Waals surface area contributed by atoms with E-state index >= 15 is 0 Å². The molecule has 2 heterocycles. The number of carbonyl (C=O) groups excluding carboxylic acids is 1. The van der Waals surface area contributed by atoms with Gasteiger partial charge in [0.2, 0.25) is 0 Å². The van der Waals surface area contributed by atoms with Gasteiger partial charge in [-0.2, -0.15) is 0 Å². The van der Waals surface area contributed by atoms with E-state index in [-0.39, 0.29) is 12.1 Å². The normalized spacial score (nSPS) is 16.5. The molecule has 1 saturated heterocycles. The Morgan fingerprint density at radius 1 is 1.19 bits per heavy atom. The average Bonchev–Trinajstić information content (AvgIpc) is 3.18. The van der Waals surface area contributed by atoms with Crippen molar-refractivity contribution in [2.75, 3.05) is 24.5 Å². The third-order valence-electron chi connectivity index (χ3n) is 4.94. The number of hydrogen-bond acceptors (Lipinski definition) is 4. The summed E-state index contributed by atoms with van der Waals surface area (Å²) in [7, 11) is 0. The van der Waals surface area contributed by atoms with E-state index in [4.69, 9.17) is 4.74 Å². The van der Waals surface area contributed by atoms with Crippen molar-refractivity contribution in [1.29, 1.82) is 0 Å². The summed E-state index contributed by atoms with van der Waals surface area (Å²) in [6.07, 6.45) is 3.60. The number of aromatic nitrogens is 1. The number of likely N-dealkylation sites (tertiary alicyclic amines) is 1. The number of carbonyl (C=O) groups is 1. The molecule has 0 spiro atoms. The first-order valence-corrected chi connectivity index (χ1v) is 9.41. The van der Waals surface area contributed by atoms with Crippen LogP contribution >= 0.6 is 0 Å². The zero-order valence-electron chi connectivity index (χ0n) is 15.6. The quantitative estimate of drug-likeness (QED) is 0.772. The van der Waals surface area contributed by atoms with Gasteiger partial charge in [0.05, 0.1) is 6.04 Å². The van der Waals surface area contributed by atoms with E-state index in [1.807, 2.05) is 47.5 Å². The number of hydrogen-bond donors (Lipinski definition) is 0. The minimum atomic E-state index is -0.246. The summed E-state index contributed by atoms with van der Waals surface area (Å²) >= 11 is 0. The van der Waals surface area contributed by atoms with Gasteiger partial charge in [0, 0.05) is 25.8 Å². The highest BCUT2D eigenvalue weighted by Crippen LogP contribution is 2.32. The van der Waals surface area contributed by atoms with E-state index in [1.54, 1.807) is 0 Å². The number of amides is 1. The summed E-state index contributed by atoms with van der Waals surface area (Å²) in [6, 6.07) is 14.0. The summed E-state index contributed by atoms with van der Waals surface area (Å²) in [6.45, 7) is 7.16. The third kappa shape index (κ3) is 4.15. The maximum Gasteiger partial charge on any atom is 0.410 e. The molecule has 0 radical (unpaired) electrons.